The molecule has 0 unspecified atom stereocenters. The van der Waals surface area contributed by atoms with E-state index in [1.165, 1.54) is 34.7 Å². The maximum absolute atomic E-state index is 13.6. The molecule has 1 saturated heterocycles. The fraction of sp³-hybridized carbons (Fsp3) is 0.320. The first kappa shape index (κ1) is 26.0. The van der Waals surface area contributed by atoms with Crippen molar-refractivity contribution in [1.29, 1.82) is 0 Å². The number of hydrogen-bond acceptors (Lipinski definition) is 3. The molecule has 0 bridgehead atoms. The molecule has 1 aromatic heterocycles. The first-order chi connectivity index (χ1) is 16.8. The van der Waals surface area contributed by atoms with Gasteiger partial charge in [0.2, 0.25) is 0 Å². The quantitative estimate of drug-likeness (QED) is 0.428. The summed E-state index contributed by atoms with van der Waals surface area (Å²) < 4.78 is 41.2. The zero-order valence-corrected chi connectivity index (χ0v) is 20.8. The molecule has 0 radical (unpaired) electrons. The first-order valence-corrected chi connectivity index (χ1v) is 11.8. The number of likely N-dealkylation sites (tertiary alicyclic amines) is 1. The van der Waals surface area contributed by atoms with Gasteiger partial charge >= 0.3 is 12.1 Å². The number of hydrogen-bond donors (Lipinski definition) is 1. The van der Waals surface area contributed by atoms with E-state index in [9.17, 15) is 32.7 Å². The Kier molecular flexibility index (Phi) is 6.83. The average molecular weight is 541 g/mol. The van der Waals surface area contributed by atoms with Gasteiger partial charge in [-0.3, -0.25) is 19.0 Å². The number of nitrogens with zero attached hydrogens (tertiary/aromatic N) is 2. The lowest BCUT2D eigenvalue weighted by Gasteiger charge is -2.30. The average Bonchev–Trinajstić information content (AvgIpc) is 3.15. The van der Waals surface area contributed by atoms with Crippen molar-refractivity contribution < 1.29 is 32.7 Å². The topological polar surface area (TPSA) is 79.6 Å². The number of amides is 1. The Hall–Kier alpha value is -3.04. The second-order valence-electron chi connectivity index (χ2n) is 8.86. The van der Waals surface area contributed by atoms with Gasteiger partial charge in [0.25, 0.3) is 11.8 Å². The molecule has 0 saturated carbocycles. The van der Waals surface area contributed by atoms with Gasteiger partial charge in [0.05, 0.1) is 38.2 Å². The molecule has 0 atom stereocenters. The second kappa shape index (κ2) is 9.44. The number of aryl methyl sites for hydroxylation is 2. The van der Waals surface area contributed by atoms with Gasteiger partial charge in [0.1, 0.15) is 0 Å². The number of aromatic nitrogens is 1. The van der Waals surface area contributed by atoms with Crippen LogP contribution < -0.4 is 0 Å². The maximum atomic E-state index is 13.6. The molecule has 0 aliphatic carbocycles. The van der Waals surface area contributed by atoms with Crippen LogP contribution in [0.3, 0.4) is 0 Å². The number of benzene rings is 2. The Morgan fingerprint density at radius 2 is 1.64 bits per heavy atom. The van der Waals surface area contributed by atoms with Crippen LogP contribution in [-0.4, -0.2) is 45.4 Å². The fourth-order valence-electron chi connectivity index (χ4n) is 4.59. The molecule has 0 spiro atoms. The number of fused-ring (bicyclic) bond motifs is 1. The number of halogens is 5. The molecule has 6 nitrogen and oxygen atoms in total. The van der Waals surface area contributed by atoms with Crippen LogP contribution in [0.2, 0.25) is 10.0 Å². The lowest BCUT2D eigenvalue weighted by molar-refractivity contribution is -0.143. The van der Waals surface area contributed by atoms with E-state index < -0.39 is 35.4 Å². The summed E-state index contributed by atoms with van der Waals surface area (Å²) in [6, 6.07) is 4.72. The molecule has 1 aliphatic heterocycles. The minimum atomic E-state index is -4.54. The molecule has 190 valence electrons. The largest absolute Gasteiger partial charge is 0.481 e. The molecule has 1 amide bonds. The SMILES string of the molecule is Cc1cn(C(=O)c2c(Cl)ccc(C(=O)N3CCC(C(=O)O)CC3)c2Cl)c2c(C)cc(C(F)(F)F)cc12. The number of aliphatic carboxylic acids is 1. The van der Waals surface area contributed by atoms with Crippen molar-refractivity contribution in [1.82, 2.24) is 9.47 Å². The van der Waals surface area contributed by atoms with Crippen molar-refractivity contribution in [3.8, 4) is 0 Å². The van der Waals surface area contributed by atoms with Gasteiger partial charge in [-0.25, -0.2) is 0 Å². The van der Waals surface area contributed by atoms with Crippen LogP contribution in [0.25, 0.3) is 10.9 Å². The number of carboxylic acids is 1. The van der Waals surface area contributed by atoms with Crippen molar-refractivity contribution in [3.63, 3.8) is 0 Å². The van der Waals surface area contributed by atoms with Gasteiger partial charge in [-0.1, -0.05) is 23.2 Å². The summed E-state index contributed by atoms with van der Waals surface area (Å²) in [4.78, 5) is 39.4. The summed E-state index contributed by atoms with van der Waals surface area (Å²) in [6.45, 7) is 3.51. The van der Waals surface area contributed by atoms with Gasteiger partial charge in [0.15, 0.2) is 0 Å². The Balaban J connectivity index is 1.74. The third-order valence-electron chi connectivity index (χ3n) is 6.50. The van der Waals surface area contributed by atoms with Gasteiger partial charge in [-0.2, -0.15) is 13.2 Å². The molecule has 3 aromatic rings. The van der Waals surface area contributed by atoms with Crippen LogP contribution in [0.15, 0.2) is 30.5 Å². The number of carbonyl (C=O) groups is 3. The summed E-state index contributed by atoms with van der Waals surface area (Å²) >= 11 is 12.8. The van der Waals surface area contributed by atoms with Crippen molar-refractivity contribution in [2.45, 2.75) is 32.9 Å². The van der Waals surface area contributed by atoms with E-state index in [4.69, 9.17) is 23.2 Å². The summed E-state index contributed by atoms with van der Waals surface area (Å²) in [5, 5.41) is 9.24. The molecule has 11 heteroatoms. The number of carboxylic acid groups (broad SMARTS) is 1. The highest BCUT2D eigenvalue weighted by molar-refractivity contribution is 6.41. The standard InChI is InChI=1S/C25H21Cl2F3N2O4/c1-12-9-15(25(28,29)30)10-17-13(2)11-32(21(12)17)23(34)19-18(26)4-3-16(20(19)27)22(33)31-7-5-14(6-8-31)24(35)36/h3-4,9-11,14H,5-8H2,1-2H3,(H,35,36). The highest BCUT2D eigenvalue weighted by atomic mass is 35.5. The second-order valence-corrected chi connectivity index (χ2v) is 9.65. The Morgan fingerprint density at radius 3 is 2.22 bits per heavy atom. The fourth-order valence-corrected chi connectivity index (χ4v) is 5.20. The van der Waals surface area contributed by atoms with E-state index in [0.29, 0.717) is 18.4 Å². The van der Waals surface area contributed by atoms with Crippen molar-refractivity contribution in [3.05, 3.63) is 68.3 Å². The van der Waals surface area contributed by atoms with Gasteiger partial charge in [0, 0.05) is 24.7 Å². The highest BCUT2D eigenvalue weighted by Crippen LogP contribution is 2.37. The molecule has 2 aromatic carbocycles. The molecule has 1 aliphatic rings. The minimum absolute atomic E-state index is 0.0183. The lowest BCUT2D eigenvalue weighted by Crippen LogP contribution is -2.40. The summed E-state index contributed by atoms with van der Waals surface area (Å²) in [5.74, 6) is -2.59. The Labute approximate surface area is 214 Å². The summed E-state index contributed by atoms with van der Waals surface area (Å²) in [6.07, 6.45) is -2.53. The van der Waals surface area contributed by atoms with E-state index >= 15 is 0 Å². The monoisotopic (exact) mass is 540 g/mol. The molecular formula is C25H21Cl2F3N2O4. The summed E-state index contributed by atoms with van der Waals surface area (Å²) in [5.41, 5.74) is 0.0277. The number of alkyl halides is 3. The van der Waals surface area contributed by atoms with E-state index in [1.807, 2.05) is 0 Å². The third-order valence-corrected chi connectivity index (χ3v) is 7.21. The van der Waals surface area contributed by atoms with Gasteiger partial charge in [-0.05, 0) is 62.1 Å². The van der Waals surface area contributed by atoms with E-state index in [0.717, 1.165) is 12.1 Å². The molecular weight excluding hydrogens is 520 g/mol. The van der Waals surface area contributed by atoms with Crippen molar-refractivity contribution in [2.75, 3.05) is 13.1 Å². The van der Waals surface area contributed by atoms with Crippen LogP contribution in [0.5, 0.6) is 0 Å². The van der Waals surface area contributed by atoms with Gasteiger partial charge in [-0.15, -0.1) is 0 Å². The van der Waals surface area contributed by atoms with Crippen LogP contribution in [-0.2, 0) is 11.0 Å². The van der Waals surface area contributed by atoms with Crippen molar-refractivity contribution >= 4 is 51.9 Å². The van der Waals surface area contributed by atoms with Crippen LogP contribution in [0.4, 0.5) is 13.2 Å². The predicted molar refractivity (Wildman–Crippen MR) is 129 cm³/mol. The van der Waals surface area contributed by atoms with Crippen LogP contribution in [0, 0.1) is 19.8 Å². The number of rotatable bonds is 3. The third kappa shape index (κ3) is 4.57. The molecule has 2 heterocycles. The predicted octanol–water partition coefficient (Wildman–Crippen LogP) is 6.21. The first-order valence-electron chi connectivity index (χ1n) is 11.1. The Morgan fingerprint density at radius 1 is 1.00 bits per heavy atom. The smallest absolute Gasteiger partial charge is 0.416 e. The minimum Gasteiger partial charge on any atom is -0.481 e. The molecule has 4 rings (SSSR count). The van der Waals surface area contributed by atoms with Crippen LogP contribution in [0.1, 0.15) is 50.2 Å². The van der Waals surface area contributed by atoms with E-state index in [2.05, 4.69) is 0 Å². The van der Waals surface area contributed by atoms with Crippen molar-refractivity contribution in [2.24, 2.45) is 5.92 Å². The number of carbonyl (C=O) groups excluding carboxylic acids is 2. The normalized spacial score (nSPS) is 14.9. The number of piperidine rings is 1. The van der Waals surface area contributed by atoms with E-state index in [1.54, 1.807) is 6.92 Å². The molecule has 36 heavy (non-hydrogen) atoms. The zero-order valence-electron chi connectivity index (χ0n) is 19.2. The molecule has 1 N–H and O–H groups in total. The highest BCUT2D eigenvalue weighted by Gasteiger charge is 2.33. The Bertz CT molecular complexity index is 1410. The van der Waals surface area contributed by atoms with Gasteiger partial charge < -0.3 is 10.0 Å². The maximum Gasteiger partial charge on any atom is 0.416 e. The zero-order chi connectivity index (χ0) is 26.5. The van der Waals surface area contributed by atoms with E-state index in [-0.39, 0.29) is 50.7 Å². The van der Waals surface area contributed by atoms with Crippen LogP contribution >= 0.6 is 23.2 Å². The molecule has 1 fully saturated rings. The summed E-state index contributed by atoms with van der Waals surface area (Å²) in [7, 11) is 0. The lowest BCUT2D eigenvalue weighted by atomic mass is 9.96.